The van der Waals surface area contributed by atoms with Crippen LogP contribution in [0, 0.1) is 0 Å². The van der Waals surface area contributed by atoms with Crippen LogP contribution in [-0.4, -0.2) is 78.2 Å². The van der Waals surface area contributed by atoms with Gasteiger partial charge in [-0.05, 0) is 32.4 Å². The van der Waals surface area contributed by atoms with E-state index in [4.69, 9.17) is 0 Å². The molecule has 0 aromatic rings. The van der Waals surface area contributed by atoms with Gasteiger partial charge < -0.3 is 4.90 Å². The number of rotatable bonds is 3. The zero-order chi connectivity index (χ0) is 14.7. The number of carbonyl (C=O) groups excluding carboxylic acids is 2. The minimum absolute atomic E-state index is 0.210. The first-order valence-electron chi connectivity index (χ1n) is 8.48. The molecule has 21 heavy (non-hydrogen) atoms. The van der Waals surface area contributed by atoms with Crippen LogP contribution in [0.4, 0.5) is 0 Å². The summed E-state index contributed by atoms with van der Waals surface area (Å²) in [6, 6.07) is 0.654. The first-order chi connectivity index (χ1) is 10.2. The Kier molecular flexibility index (Phi) is 4.91. The summed E-state index contributed by atoms with van der Waals surface area (Å²) in [6.07, 6.45) is 6.32. The smallest absolute Gasteiger partial charge is 0.236 e. The summed E-state index contributed by atoms with van der Waals surface area (Å²) >= 11 is 0. The van der Waals surface area contributed by atoms with E-state index >= 15 is 0 Å². The van der Waals surface area contributed by atoms with Gasteiger partial charge in [-0.1, -0.05) is 6.42 Å². The molecule has 1 unspecified atom stereocenters. The largest absolute Gasteiger partial charge is 0.341 e. The molecule has 3 aliphatic heterocycles. The molecule has 3 aliphatic rings. The highest BCUT2D eigenvalue weighted by molar-refractivity contribution is 5.84. The third kappa shape index (κ3) is 3.83. The normalized spacial score (nSPS) is 29.0. The molecule has 5 heteroatoms. The molecular formula is C16H27N3O2. The Balaban J connectivity index is 1.43. The van der Waals surface area contributed by atoms with Crippen molar-refractivity contribution in [2.75, 3.05) is 45.8 Å². The Bertz CT molecular complexity index is 383. The number of amides is 1. The summed E-state index contributed by atoms with van der Waals surface area (Å²) < 4.78 is 0. The highest BCUT2D eigenvalue weighted by Crippen LogP contribution is 2.20. The number of piperidine rings is 2. The second kappa shape index (κ2) is 6.88. The van der Waals surface area contributed by atoms with Crippen LogP contribution in [0.2, 0.25) is 0 Å². The molecular weight excluding hydrogens is 266 g/mol. The summed E-state index contributed by atoms with van der Waals surface area (Å²) in [5, 5.41) is 0. The molecule has 1 amide bonds. The van der Waals surface area contributed by atoms with Crippen molar-refractivity contribution in [1.82, 2.24) is 14.7 Å². The predicted octanol–water partition coefficient (Wildman–Crippen LogP) is 0.738. The van der Waals surface area contributed by atoms with Crippen molar-refractivity contribution >= 4 is 11.7 Å². The van der Waals surface area contributed by atoms with E-state index < -0.39 is 0 Å². The maximum Gasteiger partial charge on any atom is 0.236 e. The Hall–Kier alpha value is -0.940. The fourth-order valence-electron chi connectivity index (χ4n) is 3.83. The molecule has 3 saturated heterocycles. The standard InChI is InChI=1S/C16H27N3O2/c20-15-5-10-19(11-6-15)16(21)13-17-9-4-14(12-17)18-7-2-1-3-8-18/h14H,1-13H2. The molecule has 0 aromatic carbocycles. The molecule has 118 valence electrons. The molecule has 0 spiro atoms. The van der Waals surface area contributed by atoms with Gasteiger partial charge in [-0.3, -0.25) is 19.4 Å². The van der Waals surface area contributed by atoms with Crippen LogP contribution >= 0.6 is 0 Å². The van der Waals surface area contributed by atoms with Crippen LogP contribution in [0.3, 0.4) is 0 Å². The van der Waals surface area contributed by atoms with Crippen molar-refractivity contribution in [2.45, 2.75) is 44.6 Å². The van der Waals surface area contributed by atoms with E-state index in [1.54, 1.807) is 0 Å². The fraction of sp³-hybridized carbons (Fsp3) is 0.875. The molecule has 0 bridgehead atoms. The molecule has 0 radical (unpaired) electrons. The maximum absolute atomic E-state index is 12.3. The first-order valence-corrected chi connectivity index (χ1v) is 8.48. The molecule has 0 aromatic heterocycles. The van der Waals surface area contributed by atoms with Gasteiger partial charge in [0.15, 0.2) is 0 Å². The molecule has 3 heterocycles. The molecule has 0 N–H and O–H groups in total. The first kappa shape index (κ1) is 15.0. The van der Waals surface area contributed by atoms with Crippen LogP contribution in [0.15, 0.2) is 0 Å². The lowest BCUT2D eigenvalue weighted by molar-refractivity contribution is -0.135. The topological polar surface area (TPSA) is 43.9 Å². The van der Waals surface area contributed by atoms with Crippen molar-refractivity contribution in [2.24, 2.45) is 0 Å². The summed E-state index contributed by atoms with van der Waals surface area (Å²) in [5.74, 6) is 0.507. The minimum atomic E-state index is 0.210. The van der Waals surface area contributed by atoms with Crippen LogP contribution in [0.1, 0.15) is 38.5 Å². The van der Waals surface area contributed by atoms with Gasteiger partial charge >= 0.3 is 0 Å². The van der Waals surface area contributed by atoms with Crippen LogP contribution in [-0.2, 0) is 9.59 Å². The third-order valence-corrected chi connectivity index (χ3v) is 5.19. The molecule has 3 fully saturated rings. The SMILES string of the molecule is O=C1CCN(C(=O)CN2CCC(N3CCCCC3)C2)CC1. The van der Waals surface area contributed by atoms with E-state index in [-0.39, 0.29) is 5.91 Å². The van der Waals surface area contributed by atoms with Gasteiger partial charge in [-0.25, -0.2) is 0 Å². The van der Waals surface area contributed by atoms with E-state index in [1.807, 2.05) is 4.90 Å². The number of carbonyl (C=O) groups is 2. The van der Waals surface area contributed by atoms with Gasteiger partial charge in [0.2, 0.25) is 5.91 Å². The number of hydrogen-bond donors (Lipinski definition) is 0. The van der Waals surface area contributed by atoms with Crippen molar-refractivity contribution in [1.29, 1.82) is 0 Å². The fourth-order valence-corrected chi connectivity index (χ4v) is 3.83. The van der Waals surface area contributed by atoms with Crippen molar-refractivity contribution in [3.05, 3.63) is 0 Å². The average molecular weight is 293 g/mol. The number of nitrogens with zero attached hydrogens (tertiary/aromatic N) is 3. The lowest BCUT2D eigenvalue weighted by atomic mass is 10.1. The van der Waals surface area contributed by atoms with Gasteiger partial charge in [0.05, 0.1) is 6.54 Å². The Labute approximate surface area is 127 Å². The van der Waals surface area contributed by atoms with Gasteiger partial charge in [0.25, 0.3) is 0 Å². The van der Waals surface area contributed by atoms with Crippen LogP contribution in [0.25, 0.3) is 0 Å². The molecule has 5 nitrogen and oxygen atoms in total. The van der Waals surface area contributed by atoms with Gasteiger partial charge in [-0.15, -0.1) is 0 Å². The second-order valence-electron chi connectivity index (χ2n) is 6.69. The molecule has 0 aliphatic carbocycles. The van der Waals surface area contributed by atoms with Gasteiger partial charge in [-0.2, -0.15) is 0 Å². The van der Waals surface area contributed by atoms with Crippen LogP contribution in [0.5, 0.6) is 0 Å². The van der Waals surface area contributed by atoms with Crippen LogP contribution < -0.4 is 0 Å². The third-order valence-electron chi connectivity index (χ3n) is 5.19. The second-order valence-corrected chi connectivity index (χ2v) is 6.69. The van der Waals surface area contributed by atoms with Gasteiger partial charge in [0.1, 0.15) is 5.78 Å². The number of Topliss-reactive ketones (excluding diaryl/α,β-unsaturated/α-hetero) is 1. The van der Waals surface area contributed by atoms with Crippen molar-refractivity contribution in [3.8, 4) is 0 Å². The molecule has 0 saturated carbocycles. The van der Waals surface area contributed by atoms with E-state index in [9.17, 15) is 9.59 Å². The Morgan fingerprint density at radius 1 is 1.00 bits per heavy atom. The summed E-state index contributed by atoms with van der Waals surface area (Å²) in [6.45, 7) is 6.35. The van der Waals surface area contributed by atoms with E-state index in [2.05, 4.69) is 9.80 Å². The number of ketones is 1. The summed E-state index contributed by atoms with van der Waals surface area (Å²) in [5.41, 5.74) is 0. The van der Waals surface area contributed by atoms with Crippen molar-refractivity contribution in [3.63, 3.8) is 0 Å². The van der Waals surface area contributed by atoms with Crippen molar-refractivity contribution < 1.29 is 9.59 Å². The predicted molar refractivity (Wildman–Crippen MR) is 81.1 cm³/mol. The minimum Gasteiger partial charge on any atom is -0.341 e. The van der Waals surface area contributed by atoms with Gasteiger partial charge in [0, 0.05) is 45.1 Å². The Morgan fingerprint density at radius 2 is 1.71 bits per heavy atom. The lowest BCUT2D eigenvalue weighted by Crippen LogP contribution is -2.45. The highest BCUT2D eigenvalue weighted by Gasteiger charge is 2.30. The van der Waals surface area contributed by atoms with E-state index in [1.165, 1.54) is 38.8 Å². The number of likely N-dealkylation sites (tertiary alicyclic amines) is 3. The highest BCUT2D eigenvalue weighted by atomic mass is 16.2. The lowest BCUT2D eigenvalue weighted by Gasteiger charge is -2.32. The molecule has 3 rings (SSSR count). The maximum atomic E-state index is 12.3. The average Bonchev–Trinajstić information content (AvgIpc) is 2.97. The molecule has 1 atom stereocenters. The zero-order valence-electron chi connectivity index (χ0n) is 12.9. The monoisotopic (exact) mass is 293 g/mol. The van der Waals surface area contributed by atoms with E-state index in [0.717, 1.165) is 13.1 Å². The van der Waals surface area contributed by atoms with E-state index in [0.29, 0.717) is 44.3 Å². The quantitative estimate of drug-likeness (QED) is 0.770. The summed E-state index contributed by atoms with van der Waals surface area (Å²) in [7, 11) is 0. The number of hydrogen-bond acceptors (Lipinski definition) is 4. The Morgan fingerprint density at radius 3 is 2.43 bits per heavy atom. The zero-order valence-corrected chi connectivity index (χ0v) is 12.9. The summed E-state index contributed by atoms with van der Waals surface area (Å²) in [4.78, 5) is 30.3.